The quantitative estimate of drug-likeness (QED) is 0.754. The van der Waals surface area contributed by atoms with Crippen LogP contribution in [0.4, 0.5) is 0 Å². The molecule has 1 aliphatic heterocycles. The van der Waals surface area contributed by atoms with E-state index in [1.165, 1.54) is 0 Å². The summed E-state index contributed by atoms with van der Waals surface area (Å²) in [4.78, 5) is 20.9. The lowest BCUT2D eigenvalue weighted by molar-refractivity contribution is -0.136. The van der Waals surface area contributed by atoms with Crippen LogP contribution in [-0.4, -0.2) is 71.7 Å². The minimum absolute atomic E-state index is 0.150. The van der Waals surface area contributed by atoms with Gasteiger partial charge in [-0.1, -0.05) is 0 Å². The Balaban J connectivity index is 1.38. The number of carbonyl (C=O) groups excluding carboxylic acids is 1. The zero-order valence-corrected chi connectivity index (χ0v) is 15.4. The predicted octanol–water partition coefficient (Wildman–Crippen LogP) is 1.68. The van der Waals surface area contributed by atoms with Gasteiger partial charge in [-0.05, 0) is 31.2 Å². The van der Waals surface area contributed by atoms with E-state index in [0.29, 0.717) is 6.61 Å². The van der Waals surface area contributed by atoms with Crippen molar-refractivity contribution in [2.24, 2.45) is 0 Å². The molecule has 0 saturated carbocycles. The number of methoxy groups -OCH3 is 1. The van der Waals surface area contributed by atoms with Gasteiger partial charge in [-0.25, -0.2) is 4.98 Å². The van der Waals surface area contributed by atoms with Gasteiger partial charge in [-0.2, -0.15) is 0 Å². The lowest BCUT2D eigenvalue weighted by atomic mass is 10.2. The van der Waals surface area contributed by atoms with Crippen molar-refractivity contribution in [3.8, 4) is 11.5 Å². The Hall–Kier alpha value is -2.54. The van der Waals surface area contributed by atoms with Crippen LogP contribution in [0.5, 0.6) is 11.5 Å². The van der Waals surface area contributed by atoms with E-state index >= 15 is 0 Å². The van der Waals surface area contributed by atoms with Crippen LogP contribution in [0.1, 0.15) is 13.0 Å². The number of nitrogens with zero attached hydrogens (tertiary/aromatic N) is 4. The summed E-state index contributed by atoms with van der Waals surface area (Å²) in [5.74, 6) is 1.81. The second-order valence-corrected chi connectivity index (χ2v) is 6.38. The van der Waals surface area contributed by atoms with E-state index in [4.69, 9.17) is 9.47 Å². The Kier molecular flexibility index (Phi) is 6.12. The molecule has 1 aliphatic rings. The smallest absolute Gasteiger partial charge is 0.245 e. The van der Waals surface area contributed by atoms with Crippen molar-refractivity contribution in [1.82, 2.24) is 19.4 Å². The molecule has 7 nitrogen and oxygen atoms in total. The van der Waals surface area contributed by atoms with E-state index in [0.717, 1.165) is 44.2 Å². The highest BCUT2D eigenvalue weighted by molar-refractivity contribution is 5.80. The van der Waals surface area contributed by atoms with E-state index in [-0.39, 0.29) is 11.9 Å². The molecule has 0 bridgehead atoms. The summed E-state index contributed by atoms with van der Waals surface area (Å²) < 4.78 is 12.8. The van der Waals surface area contributed by atoms with Crippen LogP contribution in [0.15, 0.2) is 43.0 Å². The van der Waals surface area contributed by atoms with Gasteiger partial charge in [0.1, 0.15) is 24.1 Å². The van der Waals surface area contributed by atoms with Gasteiger partial charge in [0.25, 0.3) is 0 Å². The first-order chi connectivity index (χ1) is 12.7. The molecule has 26 heavy (non-hydrogen) atoms. The lowest BCUT2D eigenvalue weighted by Crippen LogP contribution is -2.50. The van der Waals surface area contributed by atoms with Crippen molar-refractivity contribution in [3.05, 3.63) is 43.0 Å². The first-order valence-electron chi connectivity index (χ1n) is 8.93. The number of ether oxygens (including phenoxy) is 2. The average Bonchev–Trinajstić information content (AvgIpc) is 3.23. The monoisotopic (exact) mass is 358 g/mol. The van der Waals surface area contributed by atoms with E-state index in [1.54, 1.807) is 19.6 Å². The van der Waals surface area contributed by atoms with Gasteiger partial charge in [0.2, 0.25) is 5.91 Å². The highest BCUT2D eigenvalue weighted by Crippen LogP contribution is 2.17. The molecule has 1 atom stereocenters. The fourth-order valence-electron chi connectivity index (χ4n) is 3.05. The van der Waals surface area contributed by atoms with Crippen LogP contribution >= 0.6 is 0 Å². The molecule has 0 spiro atoms. The van der Waals surface area contributed by atoms with Crippen molar-refractivity contribution in [2.45, 2.75) is 13.0 Å². The predicted molar refractivity (Wildman–Crippen MR) is 98.4 cm³/mol. The molecule has 0 radical (unpaired) electrons. The number of aromatic nitrogens is 2. The second-order valence-electron chi connectivity index (χ2n) is 6.38. The zero-order valence-electron chi connectivity index (χ0n) is 15.4. The van der Waals surface area contributed by atoms with E-state index in [1.807, 2.05) is 46.9 Å². The van der Waals surface area contributed by atoms with Gasteiger partial charge in [-0.3, -0.25) is 9.69 Å². The number of hydrogen-bond acceptors (Lipinski definition) is 5. The summed E-state index contributed by atoms with van der Waals surface area (Å²) in [5, 5.41) is 0. The number of benzene rings is 1. The summed E-state index contributed by atoms with van der Waals surface area (Å²) in [6, 6.07) is 7.39. The van der Waals surface area contributed by atoms with Gasteiger partial charge in [0.05, 0.1) is 13.4 Å². The normalized spacial score (nSPS) is 16.3. The maximum absolute atomic E-state index is 12.6. The fourth-order valence-corrected chi connectivity index (χ4v) is 3.05. The minimum Gasteiger partial charge on any atom is -0.497 e. The molecule has 1 saturated heterocycles. The van der Waals surface area contributed by atoms with Crippen molar-refractivity contribution in [1.29, 1.82) is 0 Å². The van der Waals surface area contributed by atoms with Crippen LogP contribution in [0.3, 0.4) is 0 Å². The maximum Gasteiger partial charge on any atom is 0.245 e. The Bertz CT molecular complexity index is 679. The summed E-state index contributed by atoms with van der Waals surface area (Å²) in [7, 11) is 1.65. The topological polar surface area (TPSA) is 59.8 Å². The number of amides is 1. The van der Waals surface area contributed by atoms with E-state index in [2.05, 4.69) is 9.88 Å². The first-order valence-corrected chi connectivity index (χ1v) is 8.93. The molecule has 140 valence electrons. The second kappa shape index (κ2) is 8.71. The molecular formula is C19H26N4O3. The number of hydrogen-bond donors (Lipinski definition) is 0. The third kappa shape index (κ3) is 4.54. The molecule has 1 aromatic heterocycles. The van der Waals surface area contributed by atoms with Gasteiger partial charge >= 0.3 is 0 Å². The molecule has 7 heteroatoms. The van der Waals surface area contributed by atoms with E-state index in [9.17, 15) is 4.79 Å². The van der Waals surface area contributed by atoms with Gasteiger partial charge in [0.15, 0.2) is 0 Å². The van der Waals surface area contributed by atoms with Crippen LogP contribution in [0.2, 0.25) is 0 Å². The molecule has 0 unspecified atom stereocenters. The van der Waals surface area contributed by atoms with Crippen LogP contribution in [-0.2, 0) is 4.79 Å². The molecule has 0 N–H and O–H groups in total. The minimum atomic E-state index is -0.206. The number of rotatable bonds is 7. The molecule has 1 fully saturated rings. The molecule has 0 aliphatic carbocycles. The third-order valence-electron chi connectivity index (χ3n) is 4.75. The number of imidazole rings is 1. The molecular weight excluding hydrogens is 332 g/mol. The first kappa shape index (κ1) is 18.3. The molecule has 2 heterocycles. The SMILES string of the molecule is COc1ccc(OCCN2CCN(C(=O)[C@H](C)n3ccnc3)CC2)cc1. The zero-order chi connectivity index (χ0) is 18.4. The van der Waals surface area contributed by atoms with Crippen LogP contribution in [0, 0.1) is 0 Å². The van der Waals surface area contributed by atoms with E-state index < -0.39 is 0 Å². The van der Waals surface area contributed by atoms with Gasteiger partial charge in [0, 0.05) is 45.1 Å². The summed E-state index contributed by atoms with van der Waals surface area (Å²) in [6.45, 7) is 6.64. The fraction of sp³-hybridized carbons (Fsp3) is 0.474. The largest absolute Gasteiger partial charge is 0.497 e. The maximum atomic E-state index is 12.6. The van der Waals surface area contributed by atoms with Crippen LogP contribution in [0.25, 0.3) is 0 Å². The summed E-state index contributed by atoms with van der Waals surface area (Å²) >= 11 is 0. The van der Waals surface area contributed by atoms with Crippen molar-refractivity contribution >= 4 is 5.91 Å². The Morgan fingerprint density at radius 2 is 1.85 bits per heavy atom. The van der Waals surface area contributed by atoms with Crippen LogP contribution < -0.4 is 9.47 Å². The Morgan fingerprint density at radius 3 is 2.46 bits per heavy atom. The Labute approximate surface area is 154 Å². The molecule has 1 amide bonds. The third-order valence-corrected chi connectivity index (χ3v) is 4.75. The highest BCUT2D eigenvalue weighted by atomic mass is 16.5. The van der Waals surface area contributed by atoms with Crippen molar-refractivity contribution < 1.29 is 14.3 Å². The lowest BCUT2D eigenvalue weighted by Gasteiger charge is -2.36. The Morgan fingerprint density at radius 1 is 1.15 bits per heavy atom. The number of carbonyl (C=O) groups is 1. The van der Waals surface area contributed by atoms with Gasteiger partial charge < -0.3 is 18.9 Å². The summed E-state index contributed by atoms with van der Waals surface area (Å²) in [6.07, 6.45) is 5.22. The highest BCUT2D eigenvalue weighted by Gasteiger charge is 2.25. The molecule has 3 rings (SSSR count). The molecule has 2 aromatic rings. The molecule has 1 aromatic carbocycles. The average molecular weight is 358 g/mol. The van der Waals surface area contributed by atoms with Gasteiger partial charge in [-0.15, -0.1) is 0 Å². The standard InChI is InChI=1S/C19H26N4O3/c1-16(23-8-7-20-15-23)19(24)22-11-9-21(10-12-22)13-14-26-18-5-3-17(25-2)4-6-18/h3-8,15-16H,9-14H2,1-2H3/t16-/m0/s1. The van der Waals surface area contributed by atoms with Crippen molar-refractivity contribution in [2.75, 3.05) is 46.4 Å². The number of piperazine rings is 1. The van der Waals surface area contributed by atoms with Crippen molar-refractivity contribution in [3.63, 3.8) is 0 Å². The summed E-state index contributed by atoms with van der Waals surface area (Å²) in [5.41, 5.74) is 0.